The second kappa shape index (κ2) is 8.24. The molecule has 146 valence electrons. The third kappa shape index (κ3) is 4.33. The first-order valence-corrected chi connectivity index (χ1v) is 9.31. The summed E-state index contributed by atoms with van der Waals surface area (Å²) in [7, 11) is 0. The van der Waals surface area contributed by atoms with Crippen LogP contribution in [0.3, 0.4) is 0 Å². The van der Waals surface area contributed by atoms with E-state index in [9.17, 15) is 9.59 Å². The van der Waals surface area contributed by atoms with E-state index in [-0.39, 0.29) is 18.4 Å². The van der Waals surface area contributed by atoms with Crippen LogP contribution in [0.1, 0.15) is 11.7 Å². The molecule has 1 aliphatic heterocycles. The molecule has 29 heavy (non-hydrogen) atoms. The summed E-state index contributed by atoms with van der Waals surface area (Å²) < 4.78 is 11.3. The normalized spacial score (nSPS) is 14.9. The van der Waals surface area contributed by atoms with E-state index in [1.54, 1.807) is 42.5 Å². The van der Waals surface area contributed by atoms with Crippen LogP contribution < -0.4 is 20.1 Å². The Hall–Kier alpha value is -3.51. The summed E-state index contributed by atoms with van der Waals surface area (Å²) in [6, 6.07) is 21.2. The van der Waals surface area contributed by atoms with Gasteiger partial charge in [-0.3, -0.25) is 9.59 Å². The maximum Gasteiger partial charge on any atom is 0.270 e. The number of hydrogen-bond acceptors (Lipinski definition) is 4. The van der Waals surface area contributed by atoms with Gasteiger partial charge in [0.25, 0.3) is 11.8 Å². The van der Waals surface area contributed by atoms with E-state index in [1.807, 2.05) is 30.3 Å². The molecule has 4 rings (SSSR count). The number of hydrogen-bond donors (Lipinski definition) is 2. The van der Waals surface area contributed by atoms with Gasteiger partial charge >= 0.3 is 0 Å². The number of carbonyl (C=O) groups excluding carboxylic acids is 2. The second-order valence-electron chi connectivity index (χ2n) is 6.38. The maximum atomic E-state index is 12.4. The number of rotatable bonds is 5. The summed E-state index contributed by atoms with van der Waals surface area (Å²) in [6.45, 7) is -0.195. The topological polar surface area (TPSA) is 76.7 Å². The molecule has 2 N–H and O–H groups in total. The van der Waals surface area contributed by atoms with Gasteiger partial charge in [-0.2, -0.15) is 0 Å². The largest absolute Gasteiger partial charge is 0.482 e. The first kappa shape index (κ1) is 18.8. The highest BCUT2D eigenvalue weighted by molar-refractivity contribution is 6.32. The van der Waals surface area contributed by atoms with Crippen molar-refractivity contribution in [3.05, 3.63) is 83.4 Å². The van der Waals surface area contributed by atoms with E-state index in [2.05, 4.69) is 10.6 Å². The molecule has 0 fully saturated rings. The van der Waals surface area contributed by atoms with Crippen LogP contribution in [0.5, 0.6) is 11.5 Å². The second-order valence-corrected chi connectivity index (χ2v) is 6.78. The van der Waals surface area contributed by atoms with Crippen molar-refractivity contribution in [2.24, 2.45) is 0 Å². The average molecular weight is 409 g/mol. The minimum absolute atomic E-state index is 0.195. The summed E-state index contributed by atoms with van der Waals surface area (Å²) in [5.41, 5.74) is 1.77. The van der Waals surface area contributed by atoms with E-state index in [4.69, 9.17) is 21.1 Å². The highest BCUT2D eigenvalue weighted by Crippen LogP contribution is 2.36. The van der Waals surface area contributed by atoms with Gasteiger partial charge < -0.3 is 20.1 Å². The van der Waals surface area contributed by atoms with Crippen molar-refractivity contribution >= 4 is 34.8 Å². The van der Waals surface area contributed by atoms with Gasteiger partial charge in [0.1, 0.15) is 11.5 Å². The van der Waals surface area contributed by atoms with Crippen molar-refractivity contribution in [2.75, 3.05) is 17.2 Å². The maximum absolute atomic E-state index is 12.4. The Morgan fingerprint density at radius 1 is 1.07 bits per heavy atom. The lowest BCUT2D eigenvalue weighted by Crippen LogP contribution is -2.30. The summed E-state index contributed by atoms with van der Waals surface area (Å²) in [6.07, 6.45) is -0.715. The molecule has 0 saturated carbocycles. The SMILES string of the molecule is O=C(COc1ccccc1Cl)Nc1ccc2c(c1)NC(=O)C(c1ccccc1)O2. The van der Waals surface area contributed by atoms with E-state index < -0.39 is 6.10 Å². The number of benzene rings is 3. The standard InChI is InChI=1S/C22H17ClN2O4/c23-16-8-4-5-9-18(16)28-13-20(26)24-15-10-11-19-17(12-15)25-22(27)21(29-19)14-6-2-1-3-7-14/h1-12,21H,13H2,(H,24,26)(H,25,27). The van der Waals surface area contributed by atoms with Crippen LogP contribution in [0.25, 0.3) is 0 Å². The number of carbonyl (C=O) groups is 2. The van der Waals surface area contributed by atoms with Gasteiger partial charge in [-0.15, -0.1) is 0 Å². The molecule has 0 saturated heterocycles. The van der Waals surface area contributed by atoms with Crippen LogP contribution in [-0.4, -0.2) is 18.4 Å². The number of para-hydroxylation sites is 1. The lowest BCUT2D eigenvalue weighted by atomic mass is 10.1. The van der Waals surface area contributed by atoms with Gasteiger partial charge in [0, 0.05) is 11.3 Å². The molecule has 3 aromatic rings. The summed E-state index contributed by atoms with van der Waals surface area (Å²) in [5.74, 6) is 0.343. The van der Waals surface area contributed by atoms with Crippen LogP contribution in [0.15, 0.2) is 72.8 Å². The van der Waals surface area contributed by atoms with Gasteiger partial charge in [0.15, 0.2) is 6.61 Å². The number of ether oxygens (including phenoxy) is 2. The first-order valence-electron chi connectivity index (χ1n) is 8.94. The number of fused-ring (bicyclic) bond motifs is 1. The van der Waals surface area contributed by atoms with Crippen LogP contribution >= 0.6 is 11.6 Å². The first-order chi connectivity index (χ1) is 14.1. The fraction of sp³-hybridized carbons (Fsp3) is 0.0909. The number of amides is 2. The quantitative estimate of drug-likeness (QED) is 0.654. The molecule has 1 atom stereocenters. The molecule has 7 heteroatoms. The lowest BCUT2D eigenvalue weighted by molar-refractivity contribution is -0.123. The van der Waals surface area contributed by atoms with Gasteiger partial charge in [-0.25, -0.2) is 0 Å². The molecule has 0 spiro atoms. The lowest BCUT2D eigenvalue weighted by Gasteiger charge is -2.26. The Balaban J connectivity index is 1.41. The van der Waals surface area contributed by atoms with E-state index in [1.165, 1.54) is 0 Å². The fourth-order valence-electron chi connectivity index (χ4n) is 2.94. The van der Waals surface area contributed by atoms with Crippen LogP contribution in [0.4, 0.5) is 11.4 Å². The summed E-state index contributed by atoms with van der Waals surface area (Å²) >= 11 is 6.01. The molecule has 1 aliphatic rings. The minimum Gasteiger partial charge on any atom is -0.482 e. The van der Waals surface area contributed by atoms with Gasteiger partial charge in [-0.1, -0.05) is 54.1 Å². The molecule has 0 bridgehead atoms. The summed E-state index contributed by atoms with van der Waals surface area (Å²) in [5, 5.41) is 5.98. The van der Waals surface area contributed by atoms with E-state index in [0.717, 1.165) is 5.56 Å². The third-order valence-corrected chi connectivity index (χ3v) is 4.61. The minimum atomic E-state index is -0.715. The predicted molar refractivity (Wildman–Crippen MR) is 110 cm³/mol. The average Bonchev–Trinajstić information content (AvgIpc) is 2.73. The Kier molecular flexibility index (Phi) is 5.35. The molecule has 6 nitrogen and oxygen atoms in total. The van der Waals surface area contributed by atoms with Gasteiger partial charge in [-0.05, 0) is 30.3 Å². The summed E-state index contributed by atoms with van der Waals surface area (Å²) in [4.78, 5) is 24.6. The monoisotopic (exact) mass is 408 g/mol. The van der Waals surface area contributed by atoms with Crippen molar-refractivity contribution in [2.45, 2.75) is 6.10 Å². The Morgan fingerprint density at radius 3 is 2.62 bits per heavy atom. The Morgan fingerprint density at radius 2 is 1.83 bits per heavy atom. The van der Waals surface area contributed by atoms with Crippen LogP contribution in [0.2, 0.25) is 5.02 Å². The molecule has 0 aliphatic carbocycles. The molecular weight excluding hydrogens is 392 g/mol. The number of nitrogens with one attached hydrogen (secondary N) is 2. The predicted octanol–water partition coefficient (Wildman–Crippen LogP) is 4.43. The van der Waals surface area contributed by atoms with Crippen molar-refractivity contribution in [1.29, 1.82) is 0 Å². The zero-order valence-corrected chi connectivity index (χ0v) is 16.0. The number of halogens is 1. The van der Waals surface area contributed by atoms with Crippen molar-refractivity contribution < 1.29 is 19.1 Å². The molecular formula is C22H17ClN2O4. The highest BCUT2D eigenvalue weighted by Gasteiger charge is 2.29. The van der Waals surface area contributed by atoms with Crippen molar-refractivity contribution in [3.63, 3.8) is 0 Å². The molecule has 1 unspecified atom stereocenters. The van der Waals surface area contributed by atoms with Crippen LogP contribution in [0, 0.1) is 0 Å². The van der Waals surface area contributed by atoms with E-state index in [0.29, 0.717) is 27.9 Å². The zero-order chi connectivity index (χ0) is 20.2. The molecule has 1 heterocycles. The zero-order valence-electron chi connectivity index (χ0n) is 15.2. The number of anilines is 2. The fourth-order valence-corrected chi connectivity index (χ4v) is 3.13. The van der Waals surface area contributed by atoms with Crippen molar-refractivity contribution in [1.82, 2.24) is 0 Å². The van der Waals surface area contributed by atoms with Crippen LogP contribution in [-0.2, 0) is 9.59 Å². The molecule has 3 aromatic carbocycles. The Labute approximate surface area is 172 Å². The molecule has 0 radical (unpaired) electrons. The van der Waals surface area contributed by atoms with E-state index >= 15 is 0 Å². The highest BCUT2D eigenvalue weighted by atomic mass is 35.5. The molecule has 2 amide bonds. The Bertz CT molecular complexity index is 1060. The smallest absolute Gasteiger partial charge is 0.270 e. The van der Waals surface area contributed by atoms with Gasteiger partial charge in [0.2, 0.25) is 6.10 Å². The third-order valence-electron chi connectivity index (χ3n) is 4.30. The van der Waals surface area contributed by atoms with Crippen molar-refractivity contribution in [3.8, 4) is 11.5 Å². The molecule has 0 aromatic heterocycles. The van der Waals surface area contributed by atoms with Gasteiger partial charge in [0.05, 0.1) is 10.7 Å².